The second-order valence-electron chi connectivity index (χ2n) is 3.87. The third-order valence-electron chi connectivity index (χ3n) is 2.08. The van der Waals surface area contributed by atoms with Crippen LogP contribution in [0.25, 0.3) is 0 Å². The van der Waals surface area contributed by atoms with Gasteiger partial charge in [0.2, 0.25) is 0 Å². The van der Waals surface area contributed by atoms with E-state index in [1.807, 2.05) is 0 Å². The maximum absolute atomic E-state index is 3.44. The Hall–Kier alpha value is -0.183. The van der Waals surface area contributed by atoms with Crippen LogP contribution < -0.4 is 18.9 Å². The van der Waals surface area contributed by atoms with E-state index in [0.29, 0.717) is 11.8 Å². The normalized spacial score (nSPS) is 10.3. The van der Waals surface area contributed by atoms with Gasteiger partial charge < -0.3 is 0 Å². The Balaban J connectivity index is 0.00000144. The van der Waals surface area contributed by atoms with Gasteiger partial charge in [0.05, 0.1) is 0 Å². The van der Waals surface area contributed by atoms with Crippen molar-refractivity contribution in [3.05, 3.63) is 35.4 Å². The predicted molar refractivity (Wildman–Crippen MR) is 53.5 cm³/mol. The van der Waals surface area contributed by atoms with Gasteiger partial charge in [-0.15, -0.1) is 0 Å². The molecule has 0 amide bonds. The quantitative estimate of drug-likeness (QED) is 0.451. The van der Waals surface area contributed by atoms with Gasteiger partial charge in [-0.1, -0.05) is 27.7 Å². The first-order valence-electron chi connectivity index (χ1n) is 4.63. The summed E-state index contributed by atoms with van der Waals surface area (Å²) in [5.41, 5.74) is 2.64. The van der Waals surface area contributed by atoms with Crippen LogP contribution in [0.15, 0.2) is 18.2 Å². The Kier molecular flexibility index (Phi) is 5.45. The zero-order valence-electron chi connectivity index (χ0n) is 9.39. The molecule has 0 unspecified atom stereocenters. The van der Waals surface area contributed by atoms with Crippen LogP contribution in [0.1, 0.15) is 50.7 Å². The van der Waals surface area contributed by atoms with Gasteiger partial charge in [-0.2, -0.15) is 35.4 Å². The second-order valence-corrected chi connectivity index (χ2v) is 3.87. The van der Waals surface area contributed by atoms with E-state index in [1.54, 1.807) is 0 Å². The fourth-order valence-corrected chi connectivity index (χ4v) is 1.18. The Bertz CT molecular complexity index is 228. The zero-order valence-corrected chi connectivity index (χ0v) is 9.39. The standard InChI is InChI=1S/C12H17.Li/c1-9(2)11-6-5-7-12(8-11)10(3)4;/h5-7,9-10H,1-4H3;/q-1;+1. The van der Waals surface area contributed by atoms with Crippen molar-refractivity contribution >= 4 is 0 Å². The summed E-state index contributed by atoms with van der Waals surface area (Å²) in [4.78, 5) is 0. The minimum Gasteiger partial charge on any atom is -0.176 e. The minimum absolute atomic E-state index is 0. The van der Waals surface area contributed by atoms with Crippen molar-refractivity contribution in [2.75, 3.05) is 0 Å². The molecule has 0 saturated carbocycles. The fourth-order valence-electron chi connectivity index (χ4n) is 1.18. The van der Waals surface area contributed by atoms with Crippen LogP contribution in [0.3, 0.4) is 0 Å². The molecule has 0 N–H and O–H groups in total. The van der Waals surface area contributed by atoms with Crippen LogP contribution >= 0.6 is 0 Å². The molecule has 66 valence electrons. The molecule has 0 saturated heterocycles. The first-order chi connectivity index (χ1) is 5.61. The molecule has 0 bridgehead atoms. The molecular weight excluding hydrogens is 151 g/mol. The Morgan fingerprint density at radius 3 is 1.62 bits per heavy atom. The average molecular weight is 168 g/mol. The Morgan fingerprint density at radius 2 is 1.31 bits per heavy atom. The van der Waals surface area contributed by atoms with E-state index >= 15 is 0 Å². The monoisotopic (exact) mass is 168 g/mol. The van der Waals surface area contributed by atoms with Gasteiger partial charge in [-0.05, 0) is 11.8 Å². The molecule has 0 fully saturated rings. The second kappa shape index (κ2) is 5.53. The predicted octanol–water partition coefficient (Wildman–Crippen LogP) is 0.738. The summed E-state index contributed by atoms with van der Waals surface area (Å²) < 4.78 is 0. The van der Waals surface area contributed by atoms with E-state index in [2.05, 4.69) is 52.0 Å². The van der Waals surface area contributed by atoms with Gasteiger partial charge in [0.15, 0.2) is 0 Å². The van der Waals surface area contributed by atoms with Crippen molar-refractivity contribution in [2.45, 2.75) is 39.5 Å². The molecule has 0 nitrogen and oxygen atoms in total. The van der Waals surface area contributed by atoms with Gasteiger partial charge >= 0.3 is 18.9 Å². The molecule has 1 heteroatoms. The van der Waals surface area contributed by atoms with Gasteiger partial charge in [-0.25, -0.2) is 0 Å². The molecule has 0 radical (unpaired) electrons. The van der Waals surface area contributed by atoms with Crippen LogP contribution in [0.2, 0.25) is 0 Å². The maximum atomic E-state index is 3.44. The Labute approximate surface area is 93.9 Å². The van der Waals surface area contributed by atoms with Crippen molar-refractivity contribution in [2.24, 2.45) is 0 Å². The number of hydrogen-bond donors (Lipinski definition) is 0. The molecule has 0 aliphatic rings. The molecule has 1 aromatic carbocycles. The Morgan fingerprint density at radius 1 is 0.923 bits per heavy atom. The molecular formula is C12H17Li. The zero-order chi connectivity index (χ0) is 9.14. The first kappa shape index (κ1) is 12.8. The first-order valence-corrected chi connectivity index (χ1v) is 4.63. The van der Waals surface area contributed by atoms with Crippen LogP contribution in [0.5, 0.6) is 0 Å². The smallest absolute Gasteiger partial charge is 0.176 e. The third-order valence-corrected chi connectivity index (χ3v) is 2.08. The van der Waals surface area contributed by atoms with Gasteiger partial charge in [0.1, 0.15) is 0 Å². The van der Waals surface area contributed by atoms with E-state index in [1.165, 1.54) is 11.1 Å². The SMILES string of the molecule is CC(C)c1[c-]c(C(C)C)ccc1.[Li+]. The van der Waals surface area contributed by atoms with E-state index in [-0.39, 0.29) is 18.9 Å². The largest absolute Gasteiger partial charge is 1.00 e. The van der Waals surface area contributed by atoms with Crippen LogP contribution in [0.4, 0.5) is 0 Å². The van der Waals surface area contributed by atoms with Crippen LogP contribution in [-0.2, 0) is 0 Å². The maximum Gasteiger partial charge on any atom is 1.00 e. The number of rotatable bonds is 2. The molecule has 0 atom stereocenters. The van der Waals surface area contributed by atoms with Crippen molar-refractivity contribution in [3.63, 3.8) is 0 Å². The topological polar surface area (TPSA) is 0 Å². The molecule has 1 rings (SSSR count). The summed E-state index contributed by atoms with van der Waals surface area (Å²) in [7, 11) is 0. The average Bonchev–Trinajstić information content (AvgIpc) is 2.04. The number of hydrogen-bond acceptors (Lipinski definition) is 0. The molecule has 0 heterocycles. The summed E-state index contributed by atoms with van der Waals surface area (Å²) in [5.74, 6) is 1.17. The summed E-state index contributed by atoms with van der Waals surface area (Å²) >= 11 is 0. The third kappa shape index (κ3) is 3.59. The molecule has 0 spiro atoms. The van der Waals surface area contributed by atoms with Crippen molar-refractivity contribution in [1.29, 1.82) is 0 Å². The van der Waals surface area contributed by atoms with Gasteiger partial charge in [0.25, 0.3) is 0 Å². The summed E-state index contributed by atoms with van der Waals surface area (Å²) in [6, 6.07) is 9.87. The van der Waals surface area contributed by atoms with Crippen molar-refractivity contribution in [3.8, 4) is 0 Å². The molecule has 1 aromatic rings. The molecule has 0 aliphatic carbocycles. The summed E-state index contributed by atoms with van der Waals surface area (Å²) in [5, 5.41) is 0. The van der Waals surface area contributed by atoms with E-state index in [0.717, 1.165) is 0 Å². The van der Waals surface area contributed by atoms with E-state index < -0.39 is 0 Å². The molecule has 0 aromatic heterocycles. The van der Waals surface area contributed by atoms with Crippen LogP contribution in [-0.4, -0.2) is 0 Å². The fraction of sp³-hybridized carbons (Fsp3) is 0.500. The molecule has 13 heavy (non-hydrogen) atoms. The van der Waals surface area contributed by atoms with E-state index in [4.69, 9.17) is 0 Å². The van der Waals surface area contributed by atoms with Crippen molar-refractivity contribution in [1.82, 2.24) is 0 Å². The van der Waals surface area contributed by atoms with E-state index in [9.17, 15) is 0 Å². The van der Waals surface area contributed by atoms with Crippen molar-refractivity contribution < 1.29 is 18.9 Å². The molecule has 0 aliphatic heterocycles. The van der Waals surface area contributed by atoms with Gasteiger partial charge in [0, 0.05) is 0 Å². The van der Waals surface area contributed by atoms with Gasteiger partial charge in [-0.3, -0.25) is 0 Å². The van der Waals surface area contributed by atoms with Crippen LogP contribution in [0, 0.1) is 6.07 Å². The minimum atomic E-state index is 0. The summed E-state index contributed by atoms with van der Waals surface area (Å²) in [6.45, 7) is 8.82. The summed E-state index contributed by atoms with van der Waals surface area (Å²) in [6.07, 6.45) is 0. The number of benzene rings is 1.